The minimum absolute atomic E-state index is 0.148. The van der Waals surface area contributed by atoms with E-state index in [1.165, 1.54) is 0 Å². The zero-order valence-electron chi connectivity index (χ0n) is 12.1. The summed E-state index contributed by atoms with van der Waals surface area (Å²) < 4.78 is 5.86. The minimum Gasteiger partial charge on any atom is -0.489 e. The van der Waals surface area contributed by atoms with Crippen LogP contribution < -0.4 is 10.5 Å². The molecule has 2 aromatic heterocycles. The largest absolute Gasteiger partial charge is 0.489 e. The van der Waals surface area contributed by atoms with Crippen LogP contribution in [0.4, 0.5) is 5.95 Å². The number of aromatic amines is 1. The molecule has 0 spiro atoms. The first-order valence-electron chi connectivity index (χ1n) is 7.12. The van der Waals surface area contributed by atoms with Gasteiger partial charge in [-0.3, -0.25) is 0 Å². The lowest BCUT2D eigenvalue weighted by Crippen LogP contribution is -1.95. The number of hydrogen-bond donors (Lipinski definition) is 2. The first kappa shape index (κ1) is 13.8. The number of hydrogen-bond acceptors (Lipinski definition) is 4. The highest BCUT2D eigenvalue weighted by atomic mass is 35.5. The zero-order chi connectivity index (χ0) is 15.8. The molecule has 4 rings (SSSR count). The van der Waals surface area contributed by atoms with Crippen LogP contribution in [0.1, 0.15) is 5.56 Å². The molecule has 0 saturated carbocycles. The molecule has 2 aromatic carbocycles. The number of aromatic nitrogens is 3. The Morgan fingerprint density at radius 3 is 2.74 bits per heavy atom. The Bertz CT molecular complexity index is 998. The lowest BCUT2D eigenvalue weighted by atomic mass is 10.2. The molecule has 0 aliphatic carbocycles. The van der Waals surface area contributed by atoms with Crippen molar-refractivity contribution in [1.82, 2.24) is 15.0 Å². The lowest BCUT2D eigenvalue weighted by Gasteiger charge is -2.06. The van der Waals surface area contributed by atoms with Gasteiger partial charge in [-0.05, 0) is 23.8 Å². The van der Waals surface area contributed by atoms with Gasteiger partial charge in [-0.25, -0.2) is 4.98 Å². The van der Waals surface area contributed by atoms with E-state index in [9.17, 15) is 0 Å². The molecule has 0 fully saturated rings. The average Bonchev–Trinajstić information content (AvgIpc) is 2.91. The molecule has 5 nitrogen and oxygen atoms in total. The van der Waals surface area contributed by atoms with Crippen molar-refractivity contribution in [2.75, 3.05) is 5.73 Å². The highest BCUT2D eigenvalue weighted by molar-refractivity contribution is 6.36. The van der Waals surface area contributed by atoms with E-state index < -0.39 is 0 Å². The van der Waals surface area contributed by atoms with Crippen LogP contribution in [0.15, 0.2) is 48.5 Å². The second kappa shape index (κ2) is 5.44. The highest BCUT2D eigenvalue weighted by Gasteiger charge is 2.12. The quantitative estimate of drug-likeness (QED) is 0.560. The summed E-state index contributed by atoms with van der Waals surface area (Å²) in [5.41, 5.74) is 8.28. The van der Waals surface area contributed by atoms with E-state index in [-0.39, 0.29) is 5.95 Å². The molecule has 0 bridgehead atoms. The van der Waals surface area contributed by atoms with Gasteiger partial charge in [0.25, 0.3) is 0 Å². The molecule has 0 aliphatic rings. The molecule has 0 atom stereocenters. The van der Waals surface area contributed by atoms with E-state index in [0.29, 0.717) is 17.4 Å². The molecule has 0 saturated heterocycles. The molecule has 23 heavy (non-hydrogen) atoms. The number of rotatable bonds is 3. The van der Waals surface area contributed by atoms with Gasteiger partial charge in [0.2, 0.25) is 5.95 Å². The summed E-state index contributed by atoms with van der Waals surface area (Å²) in [6.45, 7) is 0.506. The van der Waals surface area contributed by atoms with Crippen molar-refractivity contribution < 1.29 is 4.74 Å². The van der Waals surface area contributed by atoms with Crippen molar-refractivity contribution in [1.29, 1.82) is 0 Å². The molecule has 0 aliphatic heterocycles. The first-order valence-corrected chi connectivity index (χ1v) is 7.50. The molecule has 114 valence electrons. The minimum atomic E-state index is 0.148. The Labute approximate surface area is 137 Å². The van der Waals surface area contributed by atoms with E-state index >= 15 is 0 Å². The third-order valence-corrected chi connectivity index (χ3v) is 3.92. The average molecular weight is 325 g/mol. The second-order valence-electron chi connectivity index (χ2n) is 5.20. The molecular weight excluding hydrogens is 312 g/mol. The second-order valence-corrected chi connectivity index (χ2v) is 5.56. The summed E-state index contributed by atoms with van der Waals surface area (Å²) in [5, 5.41) is 2.00. The third-order valence-electron chi connectivity index (χ3n) is 3.64. The van der Waals surface area contributed by atoms with Gasteiger partial charge in [0.15, 0.2) is 0 Å². The third kappa shape index (κ3) is 2.55. The summed E-state index contributed by atoms with van der Waals surface area (Å²) in [6.07, 6.45) is 0. The Hall–Kier alpha value is -2.79. The van der Waals surface area contributed by atoms with Crippen molar-refractivity contribution >= 4 is 39.5 Å². The van der Waals surface area contributed by atoms with Gasteiger partial charge >= 0.3 is 0 Å². The van der Waals surface area contributed by atoms with Gasteiger partial charge in [-0.2, -0.15) is 4.98 Å². The van der Waals surface area contributed by atoms with E-state index in [0.717, 1.165) is 27.6 Å². The van der Waals surface area contributed by atoms with Crippen molar-refractivity contribution in [2.24, 2.45) is 0 Å². The Kier molecular flexibility index (Phi) is 3.28. The maximum absolute atomic E-state index is 6.22. The Balaban J connectivity index is 1.73. The Morgan fingerprint density at radius 1 is 1.09 bits per heavy atom. The van der Waals surface area contributed by atoms with Gasteiger partial charge < -0.3 is 15.5 Å². The molecule has 3 N–H and O–H groups in total. The molecule has 0 radical (unpaired) electrons. The molecule has 0 unspecified atom stereocenters. The molecule has 6 heteroatoms. The smallest absolute Gasteiger partial charge is 0.223 e. The number of nitrogens with two attached hydrogens (primary N) is 1. The Morgan fingerprint density at radius 2 is 1.91 bits per heavy atom. The number of halogens is 1. The normalized spacial score (nSPS) is 11.2. The van der Waals surface area contributed by atoms with Gasteiger partial charge in [-0.15, -0.1) is 0 Å². The summed E-state index contributed by atoms with van der Waals surface area (Å²) in [4.78, 5) is 11.4. The van der Waals surface area contributed by atoms with Gasteiger partial charge in [0.1, 0.15) is 23.2 Å². The summed E-state index contributed by atoms with van der Waals surface area (Å²) in [6, 6.07) is 15.8. The van der Waals surface area contributed by atoms with E-state index in [1.807, 2.05) is 48.5 Å². The fourth-order valence-electron chi connectivity index (χ4n) is 2.58. The van der Waals surface area contributed by atoms with E-state index in [2.05, 4.69) is 15.0 Å². The van der Waals surface area contributed by atoms with Crippen LogP contribution in [0.2, 0.25) is 5.15 Å². The zero-order valence-corrected chi connectivity index (χ0v) is 12.8. The summed E-state index contributed by atoms with van der Waals surface area (Å²) in [5.74, 6) is 0.907. The number of benzene rings is 2. The molecule has 4 aromatic rings. The van der Waals surface area contributed by atoms with Gasteiger partial charge in [0, 0.05) is 10.9 Å². The van der Waals surface area contributed by atoms with E-state index in [4.69, 9.17) is 22.1 Å². The van der Waals surface area contributed by atoms with Crippen molar-refractivity contribution in [3.63, 3.8) is 0 Å². The van der Waals surface area contributed by atoms with Crippen LogP contribution in [-0.4, -0.2) is 15.0 Å². The van der Waals surface area contributed by atoms with Crippen LogP contribution in [0.25, 0.3) is 21.9 Å². The number of fused-ring (bicyclic) bond motifs is 3. The first-order chi connectivity index (χ1) is 11.2. The van der Waals surface area contributed by atoms with Crippen LogP contribution in [0.3, 0.4) is 0 Å². The fourth-order valence-corrected chi connectivity index (χ4v) is 2.85. The molecular formula is C17H13ClN4O. The SMILES string of the molecule is Nc1nc(Cl)c2c(n1)[nH]c1ccc(OCc3ccccc3)cc12. The van der Waals surface area contributed by atoms with Crippen LogP contribution >= 0.6 is 11.6 Å². The summed E-state index contributed by atoms with van der Waals surface area (Å²) >= 11 is 6.22. The number of nitrogens with one attached hydrogen (secondary N) is 1. The lowest BCUT2D eigenvalue weighted by molar-refractivity contribution is 0.306. The van der Waals surface area contributed by atoms with E-state index in [1.54, 1.807) is 0 Å². The topological polar surface area (TPSA) is 76.8 Å². The maximum Gasteiger partial charge on any atom is 0.223 e. The molecule has 2 heterocycles. The molecule has 0 amide bonds. The van der Waals surface area contributed by atoms with Crippen LogP contribution in [-0.2, 0) is 6.61 Å². The fraction of sp³-hybridized carbons (Fsp3) is 0.0588. The maximum atomic E-state index is 6.22. The highest BCUT2D eigenvalue weighted by Crippen LogP contribution is 2.32. The van der Waals surface area contributed by atoms with Crippen molar-refractivity contribution in [3.8, 4) is 5.75 Å². The monoisotopic (exact) mass is 324 g/mol. The van der Waals surface area contributed by atoms with Crippen molar-refractivity contribution in [3.05, 3.63) is 59.2 Å². The predicted molar refractivity (Wildman–Crippen MR) is 91.6 cm³/mol. The number of H-pyrrole nitrogens is 1. The van der Waals surface area contributed by atoms with Crippen LogP contribution in [0.5, 0.6) is 5.75 Å². The number of anilines is 1. The standard InChI is InChI=1S/C17H13ClN4O/c18-15-14-12-8-11(23-9-10-4-2-1-3-5-10)6-7-13(12)20-16(14)22-17(19)21-15/h1-8H,9H2,(H3,19,20,21,22). The summed E-state index contributed by atoms with van der Waals surface area (Å²) in [7, 11) is 0. The predicted octanol–water partition coefficient (Wildman–Crippen LogP) is 3.93. The number of nitrogens with zero attached hydrogens (tertiary/aromatic N) is 2. The number of nitrogen functional groups attached to an aromatic ring is 1. The van der Waals surface area contributed by atoms with Crippen LogP contribution in [0, 0.1) is 0 Å². The number of ether oxygens (including phenoxy) is 1. The van der Waals surface area contributed by atoms with Gasteiger partial charge in [-0.1, -0.05) is 41.9 Å². The van der Waals surface area contributed by atoms with Gasteiger partial charge in [0.05, 0.1) is 5.39 Å². The van der Waals surface area contributed by atoms with Crippen molar-refractivity contribution in [2.45, 2.75) is 6.61 Å².